The first kappa shape index (κ1) is 24.8. The Bertz CT molecular complexity index is 851. The lowest BCUT2D eigenvalue weighted by atomic mass is 9.80. The molecule has 1 amide bonds. The molecule has 0 spiro atoms. The Morgan fingerprint density at radius 1 is 1.29 bits per heavy atom. The minimum Gasteiger partial charge on any atom is -0.310 e. The van der Waals surface area contributed by atoms with Crippen molar-refractivity contribution in [1.82, 2.24) is 15.1 Å². The van der Waals surface area contributed by atoms with Gasteiger partial charge >= 0.3 is 0 Å². The van der Waals surface area contributed by atoms with E-state index in [0.29, 0.717) is 17.3 Å². The molecule has 1 fully saturated rings. The van der Waals surface area contributed by atoms with Crippen molar-refractivity contribution in [1.29, 1.82) is 0 Å². The van der Waals surface area contributed by atoms with E-state index in [9.17, 15) is 4.79 Å². The van der Waals surface area contributed by atoms with E-state index in [4.69, 9.17) is 4.99 Å². The molecule has 0 atom stereocenters. The third-order valence-corrected chi connectivity index (χ3v) is 6.12. The predicted octanol–water partition coefficient (Wildman–Crippen LogP) is 6.60. The van der Waals surface area contributed by atoms with Gasteiger partial charge in [0.2, 0.25) is 0 Å². The molecule has 1 heterocycles. The summed E-state index contributed by atoms with van der Waals surface area (Å²) in [5.74, 6) is 0.994. The molecule has 170 valence electrons. The van der Waals surface area contributed by atoms with Crippen LogP contribution in [0, 0.1) is 5.92 Å². The van der Waals surface area contributed by atoms with Gasteiger partial charge in [0.25, 0.3) is 5.91 Å². The van der Waals surface area contributed by atoms with Crippen molar-refractivity contribution >= 4 is 11.7 Å². The Morgan fingerprint density at radius 3 is 2.61 bits per heavy atom. The van der Waals surface area contributed by atoms with E-state index >= 15 is 0 Å². The molecule has 0 saturated heterocycles. The summed E-state index contributed by atoms with van der Waals surface area (Å²) >= 11 is 0. The number of hydrogen-bond acceptors (Lipinski definition) is 3. The van der Waals surface area contributed by atoms with E-state index in [-0.39, 0.29) is 5.91 Å². The van der Waals surface area contributed by atoms with E-state index < -0.39 is 0 Å². The van der Waals surface area contributed by atoms with E-state index in [2.05, 4.69) is 50.8 Å². The predicted molar refractivity (Wildman–Crippen MR) is 130 cm³/mol. The average Bonchev–Trinajstić information content (AvgIpc) is 3.26. The fourth-order valence-electron chi connectivity index (χ4n) is 4.26. The molecule has 0 radical (unpaired) electrons. The number of unbranched alkanes of at least 4 members (excludes halogenated alkanes) is 1. The van der Waals surface area contributed by atoms with Crippen molar-refractivity contribution < 1.29 is 4.79 Å². The molecular formula is C26H40N4O. The monoisotopic (exact) mass is 424 g/mol. The molecule has 1 aromatic rings. The van der Waals surface area contributed by atoms with Gasteiger partial charge in [-0.3, -0.25) is 9.48 Å². The number of carbonyl (C=O) groups is 1. The molecule has 1 aromatic heterocycles. The quantitative estimate of drug-likeness (QED) is 0.276. The second-order valence-electron chi connectivity index (χ2n) is 8.51. The third-order valence-electron chi connectivity index (χ3n) is 6.12. The van der Waals surface area contributed by atoms with Crippen LogP contribution in [0.5, 0.6) is 0 Å². The molecule has 5 heteroatoms. The van der Waals surface area contributed by atoms with Gasteiger partial charge in [0.15, 0.2) is 0 Å². The number of carbonyl (C=O) groups excluding carboxylic acids is 1. The summed E-state index contributed by atoms with van der Waals surface area (Å²) in [6.45, 7) is 15.4. The zero-order valence-corrected chi connectivity index (χ0v) is 20.1. The SMILES string of the molecule is C=C(CC)/C(N=C(C)NC(=O)c1cnn(CCCC)c1)=C(C)\C(=C/C)C1CCCCC1. The summed E-state index contributed by atoms with van der Waals surface area (Å²) in [7, 11) is 0. The Balaban J connectivity index is 2.23. The fourth-order valence-corrected chi connectivity index (χ4v) is 4.26. The van der Waals surface area contributed by atoms with Gasteiger partial charge in [0, 0.05) is 12.7 Å². The second-order valence-corrected chi connectivity index (χ2v) is 8.51. The lowest BCUT2D eigenvalue weighted by Gasteiger charge is -2.26. The summed E-state index contributed by atoms with van der Waals surface area (Å²) in [4.78, 5) is 17.5. The highest BCUT2D eigenvalue weighted by atomic mass is 16.1. The van der Waals surface area contributed by atoms with Gasteiger partial charge in [0.1, 0.15) is 5.84 Å². The number of hydrogen-bond donors (Lipinski definition) is 1. The summed E-state index contributed by atoms with van der Waals surface area (Å²) < 4.78 is 1.82. The fraction of sp³-hybridized carbons (Fsp3) is 0.577. The number of aryl methyl sites for hydroxylation is 1. The number of amidine groups is 1. The van der Waals surface area contributed by atoms with Crippen LogP contribution in [0.2, 0.25) is 0 Å². The van der Waals surface area contributed by atoms with Gasteiger partial charge in [-0.2, -0.15) is 5.10 Å². The average molecular weight is 425 g/mol. The maximum atomic E-state index is 12.7. The number of nitrogens with zero attached hydrogens (tertiary/aromatic N) is 3. The summed E-state index contributed by atoms with van der Waals surface area (Å²) in [6.07, 6.45) is 15.0. The Labute approximate surface area is 188 Å². The van der Waals surface area contributed by atoms with Gasteiger partial charge < -0.3 is 5.32 Å². The molecule has 0 aliphatic heterocycles. The van der Waals surface area contributed by atoms with Crippen molar-refractivity contribution in [2.24, 2.45) is 10.9 Å². The molecule has 0 aromatic carbocycles. The summed E-state index contributed by atoms with van der Waals surface area (Å²) in [5, 5.41) is 7.21. The van der Waals surface area contributed by atoms with E-state index in [1.807, 2.05) is 11.6 Å². The molecule has 1 N–H and O–H groups in total. The topological polar surface area (TPSA) is 59.3 Å². The molecule has 1 aliphatic carbocycles. The first-order chi connectivity index (χ1) is 14.9. The van der Waals surface area contributed by atoms with Crippen LogP contribution in [-0.4, -0.2) is 21.5 Å². The van der Waals surface area contributed by atoms with Crippen LogP contribution < -0.4 is 5.32 Å². The third kappa shape index (κ3) is 7.05. The first-order valence-electron chi connectivity index (χ1n) is 11.9. The Morgan fingerprint density at radius 2 is 2.00 bits per heavy atom. The molecular weight excluding hydrogens is 384 g/mol. The van der Waals surface area contributed by atoms with Crippen molar-refractivity contribution in [3.63, 3.8) is 0 Å². The Hall–Kier alpha value is -2.43. The molecule has 1 aliphatic rings. The minimum atomic E-state index is -0.179. The van der Waals surface area contributed by atoms with Crippen LogP contribution in [0.15, 0.2) is 52.5 Å². The molecule has 2 rings (SSSR count). The standard InChI is InChI=1S/C26H40N4O/c1-7-10-16-30-18-23(17-27-30)26(31)29-21(6)28-25(19(4)8-2)20(5)24(9-3)22-14-12-11-13-15-22/h9,17-18,22H,4,7-8,10-16H2,1-3,5-6H3,(H,28,29,31)/b24-9+,25-20+. The summed E-state index contributed by atoms with van der Waals surface area (Å²) in [5.41, 5.74) is 5.01. The Kier molecular flexibility index (Phi) is 9.96. The number of rotatable bonds is 9. The first-order valence-corrected chi connectivity index (χ1v) is 11.9. The van der Waals surface area contributed by atoms with Crippen LogP contribution in [0.4, 0.5) is 0 Å². The van der Waals surface area contributed by atoms with E-state index in [1.54, 1.807) is 12.4 Å². The largest absolute Gasteiger partial charge is 0.310 e. The van der Waals surface area contributed by atoms with Crippen molar-refractivity contribution in [2.75, 3.05) is 0 Å². The highest BCUT2D eigenvalue weighted by Gasteiger charge is 2.21. The van der Waals surface area contributed by atoms with Crippen molar-refractivity contribution in [3.8, 4) is 0 Å². The van der Waals surface area contributed by atoms with E-state index in [1.165, 1.54) is 43.3 Å². The van der Waals surface area contributed by atoms with Gasteiger partial charge in [-0.25, -0.2) is 4.99 Å². The smallest absolute Gasteiger partial charge is 0.259 e. The molecule has 0 bridgehead atoms. The zero-order valence-electron chi connectivity index (χ0n) is 20.1. The van der Waals surface area contributed by atoms with Crippen molar-refractivity contribution in [2.45, 2.75) is 92.5 Å². The van der Waals surface area contributed by atoms with Crippen LogP contribution in [0.3, 0.4) is 0 Å². The molecule has 1 saturated carbocycles. The normalized spacial score (nSPS) is 16.8. The highest BCUT2D eigenvalue weighted by molar-refractivity contribution is 6.05. The lowest BCUT2D eigenvalue weighted by molar-refractivity contribution is 0.0976. The van der Waals surface area contributed by atoms with Crippen LogP contribution >= 0.6 is 0 Å². The van der Waals surface area contributed by atoms with E-state index in [0.717, 1.165) is 37.1 Å². The number of allylic oxidation sites excluding steroid dienone is 4. The highest BCUT2D eigenvalue weighted by Crippen LogP contribution is 2.35. The zero-order chi connectivity index (χ0) is 22.8. The number of amides is 1. The number of nitrogens with one attached hydrogen (secondary N) is 1. The van der Waals surface area contributed by atoms with Crippen LogP contribution in [-0.2, 0) is 6.54 Å². The minimum absolute atomic E-state index is 0.179. The van der Waals surface area contributed by atoms with Gasteiger partial charge in [0.05, 0.1) is 17.5 Å². The second kappa shape index (κ2) is 12.4. The number of aromatic nitrogens is 2. The van der Waals surface area contributed by atoms with Crippen LogP contribution in [0.25, 0.3) is 0 Å². The molecule has 0 unspecified atom stereocenters. The summed E-state index contributed by atoms with van der Waals surface area (Å²) in [6, 6.07) is 0. The van der Waals surface area contributed by atoms with Gasteiger partial charge in [-0.05, 0) is 69.1 Å². The van der Waals surface area contributed by atoms with Gasteiger partial charge in [-0.1, -0.05) is 52.2 Å². The maximum absolute atomic E-state index is 12.7. The van der Waals surface area contributed by atoms with Crippen molar-refractivity contribution in [3.05, 3.63) is 53.0 Å². The molecule has 5 nitrogen and oxygen atoms in total. The maximum Gasteiger partial charge on any atom is 0.259 e. The lowest BCUT2D eigenvalue weighted by Crippen LogP contribution is -2.28. The molecule has 31 heavy (non-hydrogen) atoms. The number of aliphatic imine (C=N–C) groups is 1. The van der Waals surface area contributed by atoms with Crippen LogP contribution in [0.1, 0.15) is 96.3 Å². The van der Waals surface area contributed by atoms with Gasteiger partial charge in [-0.15, -0.1) is 0 Å².